The molecular formula is C6H15NO2. The van der Waals surface area contributed by atoms with Gasteiger partial charge in [-0.1, -0.05) is 0 Å². The van der Waals surface area contributed by atoms with E-state index in [0.717, 1.165) is 13.0 Å². The first-order valence-corrected chi connectivity index (χ1v) is 3.17. The van der Waals surface area contributed by atoms with Gasteiger partial charge in [0.1, 0.15) is 6.23 Å². The normalized spacial score (nSPS) is 14.3. The van der Waals surface area contributed by atoms with Crippen LogP contribution in [0.25, 0.3) is 0 Å². The molecule has 3 nitrogen and oxygen atoms in total. The first-order valence-electron chi connectivity index (χ1n) is 3.17. The molecule has 0 radical (unpaired) electrons. The maximum absolute atomic E-state index is 8.89. The molecular weight excluding hydrogens is 118 g/mol. The van der Waals surface area contributed by atoms with E-state index in [0.29, 0.717) is 0 Å². The summed E-state index contributed by atoms with van der Waals surface area (Å²) in [7, 11) is 1.82. The van der Waals surface area contributed by atoms with Gasteiger partial charge < -0.3 is 10.2 Å². The summed E-state index contributed by atoms with van der Waals surface area (Å²) in [6.45, 7) is 2.64. The van der Waals surface area contributed by atoms with Crippen molar-refractivity contribution in [3.63, 3.8) is 0 Å². The highest BCUT2D eigenvalue weighted by Gasteiger charge is 2.01. The Morgan fingerprint density at radius 3 is 2.44 bits per heavy atom. The molecule has 0 spiro atoms. The van der Waals surface area contributed by atoms with Crippen LogP contribution in [0, 0.1) is 0 Å². The summed E-state index contributed by atoms with van der Waals surface area (Å²) in [5, 5.41) is 17.3. The highest BCUT2D eigenvalue weighted by molar-refractivity contribution is 4.49. The summed E-state index contributed by atoms with van der Waals surface area (Å²) in [6.07, 6.45) is 0.318. The molecule has 0 aliphatic carbocycles. The summed E-state index contributed by atoms with van der Waals surface area (Å²) >= 11 is 0. The van der Waals surface area contributed by atoms with Crippen LogP contribution in [0.5, 0.6) is 0 Å². The zero-order valence-electron chi connectivity index (χ0n) is 6.04. The van der Waals surface area contributed by atoms with Gasteiger partial charge in [0.25, 0.3) is 0 Å². The summed E-state index contributed by atoms with van der Waals surface area (Å²) < 4.78 is 0. The van der Waals surface area contributed by atoms with Gasteiger partial charge in [-0.15, -0.1) is 0 Å². The molecule has 0 aromatic rings. The molecule has 0 saturated carbocycles. The Kier molecular flexibility index (Phi) is 4.67. The van der Waals surface area contributed by atoms with Crippen molar-refractivity contribution < 1.29 is 10.2 Å². The van der Waals surface area contributed by atoms with Gasteiger partial charge in [-0.25, -0.2) is 0 Å². The third-order valence-electron chi connectivity index (χ3n) is 1.31. The second-order valence-corrected chi connectivity index (χ2v) is 2.19. The minimum Gasteiger partial charge on any atom is -0.396 e. The zero-order chi connectivity index (χ0) is 7.28. The number of aliphatic hydroxyl groups is 2. The van der Waals surface area contributed by atoms with Gasteiger partial charge in [-0.2, -0.15) is 0 Å². The largest absolute Gasteiger partial charge is 0.396 e. The van der Waals surface area contributed by atoms with E-state index in [4.69, 9.17) is 10.2 Å². The van der Waals surface area contributed by atoms with Crippen molar-refractivity contribution in [2.75, 3.05) is 20.2 Å². The Bertz CT molecular complexity index is 66.1. The Labute approximate surface area is 55.9 Å². The first kappa shape index (κ1) is 8.88. The topological polar surface area (TPSA) is 43.7 Å². The smallest absolute Gasteiger partial charge is 0.104 e. The highest BCUT2D eigenvalue weighted by Crippen LogP contribution is 1.90. The number of rotatable bonds is 4. The third-order valence-corrected chi connectivity index (χ3v) is 1.31. The van der Waals surface area contributed by atoms with Crippen LogP contribution in [0.2, 0.25) is 0 Å². The summed E-state index contributed by atoms with van der Waals surface area (Å²) in [6, 6.07) is 0. The van der Waals surface area contributed by atoms with Gasteiger partial charge in [0.05, 0.1) is 0 Å². The zero-order valence-corrected chi connectivity index (χ0v) is 6.04. The lowest BCUT2D eigenvalue weighted by Crippen LogP contribution is -2.29. The average Bonchev–Trinajstić information content (AvgIpc) is 1.82. The lowest BCUT2D eigenvalue weighted by molar-refractivity contribution is 0.0348. The van der Waals surface area contributed by atoms with Crippen LogP contribution >= 0.6 is 0 Å². The van der Waals surface area contributed by atoms with Gasteiger partial charge in [-0.05, 0) is 20.4 Å². The minimum atomic E-state index is -0.406. The van der Waals surface area contributed by atoms with Crippen molar-refractivity contribution in [3.05, 3.63) is 0 Å². The molecule has 9 heavy (non-hydrogen) atoms. The maximum atomic E-state index is 8.89. The molecule has 0 bridgehead atoms. The summed E-state index contributed by atoms with van der Waals surface area (Å²) in [5.41, 5.74) is 0. The van der Waals surface area contributed by atoms with E-state index in [2.05, 4.69) is 0 Å². The van der Waals surface area contributed by atoms with E-state index in [-0.39, 0.29) is 6.61 Å². The molecule has 0 aromatic carbocycles. The molecule has 0 saturated heterocycles. The fourth-order valence-electron chi connectivity index (χ4n) is 0.507. The van der Waals surface area contributed by atoms with E-state index in [1.54, 1.807) is 11.8 Å². The monoisotopic (exact) mass is 133 g/mol. The first-order chi connectivity index (χ1) is 4.18. The van der Waals surface area contributed by atoms with Crippen LogP contribution in [0.15, 0.2) is 0 Å². The summed E-state index contributed by atoms with van der Waals surface area (Å²) in [4.78, 5) is 1.77. The molecule has 0 aliphatic rings. The van der Waals surface area contributed by atoms with Crippen molar-refractivity contribution in [1.29, 1.82) is 0 Å². The number of hydrogen-bond donors (Lipinski definition) is 2. The second kappa shape index (κ2) is 4.73. The van der Waals surface area contributed by atoms with Crippen LogP contribution in [0.3, 0.4) is 0 Å². The third kappa shape index (κ3) is 4.39. The van der Waals surface area contributed by atoms with Gasteiger partial charge in [0, 0.05) is 13.2 Å². The van der Waals surface area contributed by atoms with Crippen molar-refractivity contribution in [2.45, 2.75) is 19.6 Å². The minimum absolute atomic E-state index is 0.192. The fourth-order valence-corrected chi connectivity index (χ4v) is 0.507. The van der Waals surface area contributed by atoms with Crippen LogP contribution in [0.4, 0.5) is 0 Å². The number of aliphatic hydroxyl groups excluding tert-OH is 2. The van der Waals surface area contributed by atoms with E-state index < -0.39 is 6.23 Å². The van der Waals surface area contributed by atoms with Crippen LogP contribution < -0.4 is 0 Å². The Morgan fingerprint density at radius 2 is 2.11 bits per heavy atom. The SMILES string of the molecule is CC(O)N(C)CCCO. The van der Waals surface area contributed by atoms with Gasteiger partial charge in [0.2, 0.25) is 0 Å². The molecule has 0 fully saturated rings. The van der Waals surface area contributed by atoms with E-state index in [1.165, 1.54) is 0 Å². The van der Waals surface area contributed by atoms with Crippen molar-refractivity contribution >= 4 is 0 Å². The van der Waals surface area contributed by atoms with E-state index >= 15 is 0 Å². The molecule has 0 aromatic heterocycles. The predicted molar refractivity (Wildman–Crippen MR) is 36.0 cm³/mol. The second-order valence-electron chi connectivity index (χ2n) is 2.19. The molecule has 2 N–H and O–H groups in total. The van der Waals surface area contributed by atoms with Crippen molar-refractivity contribution in [1.82, 2.24) is 4.90 Å². The van der Waals surface area contributed by atoms with Crippen molar-refractivity contribution in [3.8, 4) is 0 Å². The van der Waals surface area contributed by atoms with E-state index in [1.807, 2.05) is 7.05 Å². The predicted octanol–water partition coefficient (Wildman–Crippen LogP) is -0.361. The fraction of sp³-hybridized carbons (Fsp3) is 1.00. The molecule has 0 heterocycles. The van der Waals surface area contributed by atoms with Crippen LogP contribution in [0.1, 0.15) is 13.3 Å². The molecule has 56 valence electrons. The number of nitrogens with zero attached hydrogens (tertiary/aromatic N) is 1. The Balaban J connectivity index is 3.16. The standard InChI is InChI=1S/C6H15NO2/c1-6(9)7(2)4-3-5-8/h6,8-9H,3-5H2,1-2H3. The quantitative estimate of drug-likeness (QED) is 0.515. The van der Waals surface area contributed by atoms with E-state index in [9.17, 15) is 0 Å². The van der Waals surface area contributed by atoms with Gasteiger partial charge in [-0.3, -0.25) is 4.90 Å². The molecule has 0 rings (SSSR count). The summed E-state index contributed by atoms with van der Waals surface area (Å²) in [5.74, 6) is 0. The van der Waals surface area contributed by atoms with Gasteiger partial charge >= 0.3 is 0 Å². The van der Waals surface area contributed by atoms with Crippen LogP contribution in [-0.4, -0.2) is 41.5 Å². The van der Waals surface area contributed by atoms with Crippen LogP contribution in [-0.2, 0) is 0 Å². The molecule has 0 amide bonds. The Hall–Kier alpha value is -0.120. The molecule has 0 aliphatic heterocycles. The molecule has 1 atom stereocenters. The molecule has 1 unspecified atom stereocenters. The average molecular weight is 133 g/mol. The lowest BCUT2D eigenvalue weighted by Gasteiger charge is -2.18. The van der Waals surface area contributed by atoms with Crippen molar-refractivity contribution in [2.24, 2.45) is 0 Å². The maximum Gasteiger partial charge on any atom is 0.104 e. The lowest BCUT2D eigenvalue weighted by atomic mass is 10.4. The number of hydrogen-bond acceptors (Lipinski definition) is 3. The Morgan fingerprint density at radius 1 is 1.56 bits per heavy atom. The molecule has 3 heteroatoms. The highest BCUT2D eigenvalue weighted by atomic mass is 16.3. The van der Waals surface area contributed by atoms with Gasteiger partial charge in [0.15, 0.2) is 0 Å².